The van der Waals surface area contributed by atoms with E-state index in [0.717, 1.165) is 5.56 Å². The van der Waals surface area contributed by atoms with E-state index in [1.165, 1.54) is 6.20 Å². The van der Waals surface area contributed by atoms with E-state index in [2.05, 4.69) is 10.3 Å². The summed E-state index contributed by atoms with van der Waals surface area (Å²) in [5.74, 6) is 0.901. The molecule has 1 amide bonds. The van der Waals surface area contributed by atoms with E-state index in [1.54, 1.807) is 18.2 Å². The van der Waals surface area contributed by atoms with Crippen molar-refractivity contribution in [2.45, 2.75) is 13.8 Å². The van der Waals surface area contributed by atoms with Gasteiger partial charge in [0.25, 0.3) is 5.91 Å². The fraction of sp³-hybridized carbons (Fsp3) is 0.200. The van der Waals surface area contributed by atoms with E-state index in [4.69, 9.17) is 10.5 Å². The first kappa shape index (κ1) is 13.9. The molecule has 0 radical (unpaired) electrons. The number of aromatic nitrogens is 1. The summed E-state index contributed by atoms with van der Waals surface area (Å²) < 4.78 is 5.76. The van der Waals surface area contributed by atoms with Crippen LogP contribution in [0.2, 0.25) is 0 Å². The quantitative estimate of drug-likeness (QED) is 0.838. The Morgan fingerprint density at radius 2 is 2.20 bits per heavy atom. The van der Waals surface area contributed by atoms with Crippen LogP contribution in [0.1, 0.15) is 23.0 Å². The maximum absolute atomic E-state index is 11.7. The standard InChI is InChI=1S/C15H17N3O2/c1-3-17-15(19)13-9-11(7-8-18-13)20-14-10(2)5-4-6-12(14)16/h4-9H,3,16H2,1-2H3,(H,17,19). The third kappa shape index (κ3) is 3.06. The first-order chi connectivity index (χ1) is 9.61. The number of nitrogen functional groups attached to an aromatic ring is 1. The van der Waals surface area contributed by atoms with Crippen LogP contribution in [0.5, 0.6) is 11.5 Å². The van der Waals surface area contributed by atoms with Gasteiger partial charge in [0.15, 0.2) is 5.75 Å². The van der Waals surface area contributed by atoms with E-state index < -0.39 is 0 Å². The van der Waals surface area contributed by atoms with Crippen molar-refractivity contribution in [2.75, 3.05) is 12.3 Å². The summed E-state index contributed by atoms with van der Waals surface area (Å²) >= 11 is 0. The molecule has 3 N–H and O–H groups in total. The summed E-state index contributed by atoms with van der Waals surface area (Å²) in [7, 11) is 0. The van der Waals surface area contributed by atoms with Gasteiger partial charge in [-0.1, -0.05) is 12.1 Å². The van der Waals surface area contributed by atoms with E-state index in [-0.39, 0.29) is 5.91 Å². The number of carbonyl (C=O) groups excluding carboxylic acids is 1. The molecule has 0 spiro atoms. The number of hydrogen-bond acceptors (Lipinski definition) is 4. The molecule has 0 aliphatic rings. The number of ether oxygens (including phenoxy) is 1. The minimum absolute atomic E-state index is 0.226. The number of carbonyl (C=O) groups is 1. The minimum Gasteiger partial charge on any atom is -0.455 e. The van der Waals surface area contributed by atoms with Crippen molar-refractivity contribution in [3.05, 3.63) is 47.8 Å². The normalized spacial score (nSPS) is 10.1. The minimum atomic E-state index is -0.226. The molecule has 1 aromatic carbocycles. The van der Waals surface area contributed by atoms with Gasteiger partial charge in [-0.25, -0.2) is 0 Å². The third-order valence-corrected chi connectivity index (χ3v) is 2.76. The van der Waals surface area contributed by atoms with Crippen LogP contribution in [-0.2, 0) is 0 Å². The molecule has 5 nitrogen and oxygen atoms in total. The molecule has 1 heterocycles. The second-order valence-electron chi connectivity index (χ2n) is 4.33. The second kappa shape index (κ2) is 6.06. The largest absolute Gasteiger partial charge is 0.455 e. The molecule has 0 fully saturated rings. The lowest BCUT2D eigenvalue weighted by Gasteiger charge is -2.11. The molecular formula is C15H17N3O2. The number of para-hydroxylation sites is 1. The summed E-state index contributed by atoms with van der Waals surface area (Å²) in [6, 6.07) is 8.83. The second-order valence-corrected chi connectivity index (χ2v) is 4.33. The van der Waals surface area contributed by atoms with Gasteiger partial charge in [-0.3, -0.25) is 9.78 Å². The molecule has 1 aromatic heterocycles. The Hall–Kier alpha value is -2.56. The van der Waals surface area contributed by atoms with Gasteiger partial charge in [0, 0.05) is 18.8 Å². The van der Waals surface area contributed by atoms with Crippen molar-refractivity contribution in [3.8, 4) is 11.5 Å². The van der Waals surface area contributed by atoms with Crippen LogP contribution in [-0.4, -0.2) is 17.4 Å². The highest BCUT2D eigenvalue weighted by Crippen LogP contribution is 2.30. The fourth-order valence-electron chi connectivity index (χ4n) is 1.78. The Kier molecular flexibility index (Phi) is 4.20. The molecule has 2 rings (SSSR count). The Labute approximate surface area is 117 Å². The van der Waals surface area contributed by atoms with Crippen LogP contribution in [0.3, 0.4) is 0 Å². The average molecular weight is 271 g/mol. The van der Waals surface area contributed by atoms with E-state index in [1.807, 2.05) is 26.0 Å². The summed E-state index contributed by atoms with van der Waals surface area (Å²) in [6.07, 6.45) is 1.54. The first-order valence-corrected chi connectivity index (χ1v) is 6.39. The highest BCUT2D eigenvalue weighted by Gasteiger charge is 2.10. The highest BCUT2D eigenvalue weighted by molar-refractivity contribution is 5.92. The molecule has 20 heavy (non-hydrogen) atoms. The number of rotatable bonds is 4. The predicted octanol–water partition coefficient (Wildman–Crippen LogP) is 2.51. The number of amides is 1. The van der Waals surface area contributed by atoms with Crippen molar-refractivity contribution in [1.82, 2.24) is 10.3 Å². The third-order valence-electron chi connectivity index (χ3n) is 2.76. The summed E-state index contributed by atoms with van der Waals surface area (Å²) in [4.78, 5) is 15.8. The van der Waals surface area contributed by atoms with Crippen LogP contribution in [0.15, 0.2) is 36.5 Å². The van der Waals surface area contributed by atoms with Crippen LogP contribution in [0, 0.1) is 6.92 Å². The van der Waals surface area contributed by atoms with E-state index >= 15 is 0 Å². The summed E-state index contributed by atoms with van der Waals surface area (Å²) in [6.45, 7) is 4.32. The molecule has 0 atom stereocenters. The van der Waals surface area contributed by atoms with Gasteiger partial charge in [-0.15, -0.1) is 0 Å². The molecule has 104 valence electrons. The first-order valence-electron chi connectivity index (χ1n) is 6.39. The monoisotopic (exact) mass is 271 g/mol. The van der Waals surface area contributed by atoms with Crippen molar-refractivity contribution in [1.29, 1.82) is 0 Å². The topological polar surface area (TPSA) is 77.2 Å². The lowest BCUT2D eigenvalue weighted by Crippen LogP contribution is -2.23. The number of nitrogens with one attached hydrogen (secondary N) is 1. The Balaban J connectivity index is 2.26. The van der Waals surface area contributed by atoms with Crippen molar-refractivity contribution in [3.63, 3.8) is 0 Å². The van der Waals surface area contributed by atoms with Crippen molar-refractivity contribution >= 4 is 11.6 Å². The Morgan fingerprint density at radius 3 is 2.90 bits per heavy atom. The molecule has 0 aliphatic carbocycles. The molecule has 0 aliphatic heterocycles. The number of anilines is 1. The van der Waals surface area contributed by atoms with Crippen molar-refractivity contribution < 1.29 is 9.53 Å². The van der Waals surface area contributed by atoms with Crippen LogP contribution < -0.4 is 15.8 Å². The van der Waals surface area contributed by atoms with Crippen LogP contribution in [0.4, 0.5) is 5.69 Å². The van der Waals surface area contributed by atoms with Gasteiger partial charge >= 0.3 is 0 Å². The van der Waals surface area contributed by atoms with Gasteiger partial charge in [0.05, 0.1) is 5.69 Å². The molecular weight excluding hydrogens is 254 g/mol. The smallest absolute Gasteiger partial charge is 0.270 e. The molecule has 0 saturated heterocycles. The highest BCUT2D eigenvalue weighted by atomic mass is 16.5. The SMILES string of the molecule is CCNC(=O)c1cc(Oc2c(C)cccc2N)ccn1. The lowest BCUT2D eigenvalue weighted by atomic mass is 10.2. The van der Waals surface area contributed by atoms with Crippen LogP contribution >= 0.6 is 0 Å². The fourth-order valence-corrected chi connectivity index (χ4v) is 1.78. The zero-order chi connectivity index (χ0) is 14.5. The summed E-state index contributed by atoms with van der Waals surface area (Å²) in [5.41, 5.74) is 7.70. The maximum atomic E-state index is 11.7. The Morgan fingerprint density at radius 1 is 1.40 bits per heavy atom. The lowest BCUT2D eigenvalue weighted by molar-refractivity contribution is 0.0950. The molecule has 5 heteroatoms. The zero-order valence-corrected chi connectivity index (χ0v) is 11.5. The number of benzene rings is 1. The van der Waals surface area contributed by atoms with E-state index in [0.29, 0.717) is 29.4 Å². The van der Waals surface area contributed by atoms with Crippen LogP contribution in [0.25, 0.3) is 0 Å². The zero-order valence-electron chi connectivity index (χ0n) is 11.5. The van der Waals surface area contributed by atoms with Gasteiger partial charge in [-0.05, 0) is 31.5 Å². The van der Waals surface area contributed by atoms with Crippen molar-refractivity contribution in [2.24, 2.45) is 0 Å². The average Bonchev–Trinajstić information content (AvgIpc) is 2.44. The number of aryl methyl sites for hydroxylation is 1. The molecule has 0 bridgehead atoms. The Bertz CT molecular complexity index is 606. The maximum Gasteiger partial charge on any atom is 0.270 e. The summed E-state index contributed by atoms with van der Waals surface area (Å²) in [5, 5.41) is 2.69. The van der Waals surface area contributed by atoms with E-state index in [9.17, 15) is 4.79 Å². The predicted molar refractivity (Wildman–Crippen MR) is 77.9 cm³/mol. The number of pyridine rings is 1. The molecule has 2 aromatic rings. The molecule has 0 unspecified atom stereocenters. The number of nitrogens with two attached hydrogens (primary N) is 1. The van der Waals surface area contributed by atoms with Gasteiger partial charge in [-0.2, -0.15) is 0 Å². The molecule has 0 saturated carbocycles. The number of hydrogen-bond donors (Lipinski definition) is 2. The van der Waals surface area contributed by atoms with Gasteiger partial charge < -0.3 is 15.8 Å². The van der Waals surface area contributed by atoms with Gasteiger partial charge in [0.2, 0.25) is 0 Å². The number of nitrogens with zero attached hydrogens (tertiary/aromatic N) is 1. The van der Waals surface area contributed by atoms with Gasteiger partial charge in [0.1, 0.15) is 11.4 Å².